The van der Waals surface area contributed by atoms with Gasteiger partial charge in [0.2, 0.25) is 0 Å². The zero-order chi connectivity index (χ0) is 41.0. The van der Waals surface area contributed by atoms with Crippen LogP contribution in [0.2, 0.25) is 23.2 Å². The molecule has 5 rings (SSSR count). The van der Waals surface area contributed by atoms with Gasteiger partial charge in [0, 0.05) is 53.4 Å². The van der Waals surface area contributed by atoms with Gasteiger partial charge in [-0.2, -0.15) is 0 Å². The molecule has 1 fully saturated rings. The summed E-state index contributed by atoms with van der Waals surface area (Å²) < 4.78 is 32.6. The van der Waals surface area contributed by atoms with E-state index in [2.05, 4.69) is 54.3 Å². The summed E-state index contributed by atoms with van der Waals surface area (Å²) in [6.45, 7) is 18.3. The molecule has 1 aliphatic rings. The number of thiophene rings is 1. The van der Waals surface area contributed by atoms with Crippen molar-refractivity contribution >= 4 is 72.3 Å². The Bertz CT molecular complexity index is 2020. The number of amides is 1. The first-order valence-corrected chi connectivity index (χ1v) is 23.6. The summed E-state index contributed by atoms with van der Waals surface area (Å²) in [6, 6.07) is 11.1. The highest BCUT2D eigenvalue weighted by Crippen LogP contribution is 2.40. The van der Waals surface area contributed by atoms with Crippen molar-refractivity contribution in [3.8, 4) is 11.3 Å². The van der Waals surface area contributed by atoms with Gasteiger partial charge >= 0.3 is 12.1 Å². The molecule has 16 heteroatoms. The Morgan fingerprint density at radius 3 is 2.55 bits per heavy atom. The lowest BCUT2D eigenvalue weighted by atomic mass is 9.84. The molecular formula is C40H52ClFN6O5S2Si. The van der Waals surface area contributed by atoms with Gasteiger partial charge in [0.05, 0.1) is 24.5 Å². The lowest BCUT2D eigenvalue weighted by molar-refractivity contribution is 0.0539. The Balaban J connectivity index is 1.54. The number of piperidine rings is 1. The molecule has 3 aromatic heterocycles. The van der Waals surface area contributed by atoms with Gasteiger partial charge in [-0.15, -0.1) is 33.3 Å². The first-order valence-electron chi connectivity index (χ1n) is 18.5. The zero-order valence-corrected chi connectivity index (χ0v) is 37.1. The number of rotatable bonds is 12. The van der Waals surface area contributed by atoms with Crippen LogP contribution < -0.4 is 10.2 Å². The molecule has 1 aliphatic heterocycles. The van der Waals surface area contributed by atoms with E-state index in [0.717, 1.165) is 12.1 Å². The molecule has 1 amide bonds. The van der Waals surface area contributed by atoms with Gasteiger partial charge in [-0.05, 0) is 106 Å². The van der Waals surface area contributed by atoms with Crippen LogP contribution >= 0.6 is 34.7 Å². The molecule has 2 unspecified atom stereocenters. The van der Waals surface area contributed by atoms with Gasteiger partial charge in [0.25, 0.3) is 0 Å². The number of carbonyl (C=O) groups excluding carboxylic acids is 2. The molecule has 4 aromatic rings. The minimum absolute atomic E-state index is 0.0690. The van der Waals surface area contributed by atoms with Crippen LogP contribution in [0.25, 0.3) is 11.3 Å². The van der Waals surface area contributed by atoms with Crippen molar-refractivity contribution in [1.82, 2.24) is 20.1 Å². The third kappa shape index (κ3) is 10.7. The van der Waals surface area contributed by atoms with E-state index < -0.39 is 37.8 Å². The number of halogens is 2. The maximum atomic E-state index is 15.1. The third-order valence-corrected chi connectivity index (χ3v) is 16.6. The third-order valence-electron chi connectivity index (χ3n) is 10.00. The average Bonchev–Trinajstić information content (AvgIpc) is 3.60. The normalized spacial score (nSPS) is 16.7. The van der Waals surface area contributed by atoms with Gasteiger partial charge in [-0.25, -0.2) is 19.0 Å². The fourth-order valence-corrected chi connectivity index (χ4v) is 9.11. The number of nitrogens with zero attached hydrogens (tertiary/aromatic N) is 5. The van der Waals surface area contributed by atoms with E-state index in [1.807, 2.05) is 39.3 Å². The Morgan fingerprint density at radius 1 is 1.11 bits per heavy atom. The van der Waals surface area contributed by atoms with Crippen molar-refractivity contribution in [2.45, 2.75) is 88.7 Å². The standard InChI is InChI=1S/C40H52ClFN6O5S2Si/c1-39(2,3)53-38(50)48(33-24-47(7)17-14-27(33)28-15-19-54-35(28)37(49)51-8)34-22-26(13-16-43-34)44-32-23-31(29-21-25(41)11-12-30(29)42)45-46-36(32)55-20-18-52-56(9,10)40(4,5)6/h11-13,15-16,19,21-23,27,33H,14,17-18,20,24H2,1-10H3,(H,43,44,45). The van der Waals surface area contributed by atoms with E-state index in [1.54, 1.807) is 29.3 Å². The molecule has 0 saturated carbocycles. The quantitative estimate of drug-likeness (QED) is 0.0635. The Kier molecular flexibility index (Phi) is 13.9. The van der Waals surface area contributed by atoms with Crippen molar-refractivity contribution in [2.24, 2.45) is 0 Å². The van der Waals surface area contributed by atoms with E-state index in [9.17, 15) is 9.59 Å². The van der Waals surface area contributed by atoms with Crippen LogP contribution in [0.4, 0.5) is 26.4 Å². The maximum absolute atomic E-state index is 15.1. The number of hydrogen-bond donors (Lipinski definition) is 1. The van der Waals surface area contributed by atoms with Gasteiger partial charge in [-0.1, -0.05) is 32.4 Å². The summed E-state index contributed by atoms with van der Waals surface area (Å²) in [5, 5.41) is 15.3. The number of carbonyl (C=O) groups is 2. The fraction of sp³-hybridized carbons (Fsp3) is 0.475. The van der Waals surface area contributed by atoms with Crippen LogP contribution in [0, 0.1) is 5.82 Å². The zero-order valence-electron chi connectivity index (χ0n) is 33.7. The van der Waals surface area contributed by atoms with Crippen LogP contribution in [-0.2, 0) is 13.9 Å². The number of esters is 1. The molecule has 56 heavy (non-hydrogen) atoms. The number of benzene rings is 1. The SMILES string of the molecule is COC(=O)c1sccc1C1CCN(C)CC1N(C(=O)OC(C)(C)C)c1cc(Nc2cc(-c3cc(Cl)ccc3F)nnc2SCCO[Si](C)(C)C(C)(C)C)ccn1. The van der Waals surface area contributed by atoms with E-state index >= 15 is 4.39 Å². The fourth-order valence-electron chi connectivity index (χ4n) is 6.13. The lowest BCUT2D eigenvalue weighted by Gasteiger charge is -2.43. The van der Waals surface area contributed by atoms with Gasteiger partial charge in [-0.3, -0.25) is 4.90 Å². The molecule has 0 bridgehead atoms. The van der Waals surface area contributed by atoms with Crippen molar-refractivity contribution < 1.29 is 27.9 Å². The van der Waals surface area contributed by atoms with Crippen molar-refractivity contribution in [3.63, 3.8) is 0 Å². The predicted molar refractivity (Wildman–Crippen MR) is 227 cm³/mol. The second kappa shape index (κ2) is 17.9. The topological polar surface area (TPSA) is 119 Å². The van der Waals surface area contributed by atoms with E-state index in [1.165, 1.54) is 48.4 Å². The number of methoxy groups -OCH3 is 1. The molecule has 0 radical (unpaired) electrons. The summed E-state index contributed by atoms with van der Waals surface area (Å²) in [4.78, 5) is 36.1. The molecule has 302 valence electrons. The Morgan fingerprint density at radius 2 is 1.86 bits per heavy atom. The number of likely N-dealkylation sites (N-methyl/N-ethyl adjacent to an activating group) is 1. The summed E-state index contributed by atoms with van der Waals surface area (Å²) in [6.07, 6.45) is 1.74. The van der Waals surface area contributed by atoms with Crippen LogP contribution in [0.15, 0.2) is 59.1 Å². The van der Waals surface area contributed by atoms with Gasteiger partial charge < -0.3 is 24.1 Å². The highest BCUT2D eigenvalue weighted by atomic mass is 35.5. The first-order chi connectivity index (χ1) is 26.3. The summed E-state index contributed by atoms with van der Waals surface area (Å²) in [7, 11) is 1.40. The number of aromatic nitrogens is 3. The van der Waals surface area contributed by atoms with E-state index in [0.29, 0.717) is 63.1 Å². The van der Waals surface area contributed by atoms with Crippen LogP contribution in [0.3, 0.4) is 0 Å². The highest BCUT2D eigenvalue weighted by Gasteiger charge is 2.41. The van der Waals surface area contributed by atoms with Crippen LogP contribution in [0.1, 0.15) is 69.1 Å². The smallest absolute Gasteiger partial charge is 0.416 e. The Hall–Kier alpha value is -3.60. The summed E-state index contributed by atoms with van der Waals surface area (Å²) in [5.74, 6) is -0.145. The molecule has 0 spiro atoms. The monoisotopic (exact) mass is 842 g/mol. The van der Waals surface area contributed by atoms with Crippen molar-refractivity contribution in [2.75, 3.05) is 49.8 Å². The van der Waals surface area contributed by atoms with E-state index in [-0.39, 0.29) is 16.5 Å². The lowest BCUT2D eigenvalue weighted by Crippen LogP contribution is -2.54. The minimum Gasteiger partial charge on any atom is -0.465 e. The minimum atomic E-state index is -1.97. The Labute approximate surface area is 343 Å². The van der Waals surface area contributed by atoms with Crippen molar-refractivity contribution in [1.29, 1.82) is 0 Å². The number of ether oxygens (including phenoxy) is 2. The van der Waals surface area contributed by atoms with Gasteiger partial charge in [0.15, 0.2) is 8.32 Å². The number of thioether (sulfide) groups is 1. The molecular weight excluding hydrogens is 791 g/mol. The molecule has 1 saturated heterocycles. The maximum Gasteiger partial charge on any atom is 0.416 e. The average molecular weight is 844 g/mol. The van der Waals surface area contributed by atoms with Crippen LogP contribution in [-0.4, -0.2) is 91.7 Å². The summed E-state index contributed by atoms with van der Waals surface area (Å²) >= 11 is 9.06. The molecule has 1 N–H and O–H groups in total. The number of hydrogen-bond acceptors (Lipinski definition) is 12. The number of likely N-dealkylation sites (tertiary alicyclic amines) is 1. The number of anilines is 3. The van der Waals surface area contributed by atoms with Gasteiger partial charge in [0.1, 0.15) is 27.1 Å². The summed E-state index contributed by atoms with van der Waals surface area (Å²) in [5.41, 5.74) is 1.71. The second-order valence-electron chi connectivity index (χ2n) is 16.3. The highest BCUT2D eigenvalue weighted by molar-refractivity contribution is 7.99. The number of nitrogens with one attached hydrogen (secondary N) is 1. The molecule has 2 atom stereocenters. The number of pyridine rings is 1. The van der Waals surface area contributed by atoms with Crippen LogP contribution in [0.5, 0.6) is 0 Å². The first kappa shape index (κ1) is 43.5. The molecule has 1 aromatic carbocycles. The van der Waals surface area contributed by atoms with E-state index in [4.69, 9.17) is 30.5 Å². The molecule has 0 aliphatic carbocycles. The largest absolute Gasteiger partial charge is 0.465 e. The molecule has 4 heterocycles. The molecule has 11 nitrogen and oxygen atoms in total. The second-order valence-corrected chi connectivity index (χ2v) is 23.6. The van der Waals surface area contributed by atoms with Crippen molar-refractivity contribution in [3.05, 3.63) is 75.3 Å². The predicted octanol–water partition coefficient (Wildman–Crippen LogP) is 10.3.